The molecular weight excluding hydrogens is 405 g/mol. The second-order valence-corrected chi connectivity index (χ2v) is 8.57. The van der Waals surface area contributed by atoms with Crippen LogP contribution in [-0.4, -0.2) is 35.0 Å². The summed E-state index contributed by atoms with van der Waals surface area (Å²) >= 11 is 0. The van der Waals surface area contributed by atoms with Crippen LogP contribution in [0.2, 0.25) is 0 Å². The zero-order valence-electron chi connectivity index (χ0n) is 18.1. The van der Waals surface area contributed by atoms with Crippen LogP contribution >= 0.6 is 0 Å². The van der Waals surface area contributed by atoms with Crippen LogP contribution in [0.3, 0.4) is 0 Å². The molecule has 1 amide bonds. The maximum absolute atomic E-state index is 15.2. The minimum Gasteiger partial charge on any atom is -0.382 e. The van der Waals surface area contributed by atoms with Crippen molar-refractivity contribution in [1.29, 1.82) is 0 Å². The maximum atomic E-state index is 15.2. The Balaban J connectivity index is 1.50. The van der Waals surface area contributed by atoms with Gasteiger partial charge in [0.05, 0.1) is 11.9 Å². The third-order valence-corrected chi connectivity index (χ3v) is 6.47. The summed E-state index contributed by atoms with van der Waals surface area (Å²) in [6.07, 6.45) is 5.72. The minimum atomic E-state index is -0.326. The van der Waals surface area contributed by atoms with Crippen LogP contribution in [0.5, 0.6) is 0 Å². The molecule has 0 radical (unpaired) electrons. The molecule has 2 aliphatic heterocycles. The van der Waals surface area contributed by atoms with Gasteiger partial charge in [0, 0.05) is 41.5 Å². The Morgan fingerprint density at radius 1 is 1.16 bits per heavy atom. The van der Waals surface area contributed by atoms with Gasteiger partial charge in [0.25, 0.3) is 5.91 Å². The first-order valence-electron chi connectivity index (χ1n) is 11.1. The summed E-state index contributed by atoms with van der Waals surface area (Å²) in [5, 5.41) is 2.84. The van der Waals surface area contributed by atoms with Gasteiger partial charge in [-0.05, 0) is 68.5 Å². The summed E-state index contributed by atoms with van der Waals surface area (Å²) in [4.78, 5) is 23.2. The molecule has 1 atom stereocenters. The van der Waals surface area contributed by atoms with Crippen LogP contribution in [0.4, 0.5) is 15.9 Å². The molecule has 0 saturated carbocycles. The largest absolute Gasteiger partial charge is 0.382 e. The molecule has 3 aromatic rings. The highest BCUT2D eigenvalue weighted by molar-refractivity contribution is 5.97. The molecule has 2 aliphatic rings. The number of nitrogens with two attached hydrogens (primary N) is 1. The predicted octanol–water partition coefficient (Wildman–Crippen LogP) is 4.20. The minimum absolute atomic E-state index is 0.0733. The molecule has 1 saturated heterocycles. The van der Waals surface area contributed by atoms with E-state index in [0.29, 0.717) is 35.1 Å². The Bertz CT molecular complexity index is 1190. The van der Waals surface area contributed by atoms with Crippen LogP contribution in [-0.2, 0) is 6.42 Å². The average Bonchev–Trinajstić information content (AvgIpc) is 2.80. The number of hydrogen-bond donors (Lipinski definition) is 2. The SMILES string of the molecule is C[C@H]1CCCCN1c1ccc(-c2cnc(N)c(-c3ccc4c(c3)CCNC4=O)n2)c(F)c1. The van der Waals surface area contributed by atoms with E-state index in [1.165, 1.54) is 12.6 Å². The first kappa shape index (κ1) is 20.4. The van der Waals surface area contributed by atoms with Crippen LogP contribution in [0, 0.1) is 5.82 Å². The average molecular weight is 432 g/mol. The van der Waals surface area contributed by atoms with Crippen molar-refractivity contribution in [2.45, 2.75) is 38.6 Å². The highest BCUT2D eigenvalue weighted by Crippen LogP contribution is 2.32. The molecule has 3 heterocycles. The second kappa shape index (κ2) is 8.22. The van der Waals surface area contributed by atoms with Gasteiger partial charge in [0.2, 0.25) is 0 Å². The molecule has 0 spiro atoms. The van der Waals surface area contributed by atoms with Crippen molar-refractivity contribution in [2.24, 2.45) is 0 Å². The number of nitrogens with one attached hydrogen (secondary N) is 1. The number of carbonyl (C=O) groups excluding carboxylic acids is 1. The van der Waals surface area contributed by atoms with Gasteiger partial charge in [-0.1, -0.05) is 6.07 Å². The number of rotatable bonds is 3. The van der Waals surface area contributed by atoms with Crippen LogP contribution < -0.4 is 16.0 Å². The predicted molar refractivity (Wildman–Crippen MR) is 124 cm³/mol. The standard InChI is InChI=1S/C25H26FN5O/c1-15-4-2-3-11-31(15)18-6-8-20(21(26)13-18)22-14-29-24(27)23(30-22)17-5-7-19-16(12-17)9-10-28-25(19)32/h5-8,12-15H,2-4,9-11H2,1H3,(H2,27,29)(H,28,32)/t15-/m0/s1. The Labute approximate surface area is 186 Å². The van der Waals surface area contributed by atoms with Crippen molar-refractivity contribution in [2.75, 3.05) is 23.7 Å². The molecule has 2 aromatic carbocycles. The van der Waals surface area contributed by atoms with E-state index in [4.69, 9.17) is 5.73 Å². The third-order valence-electron chi connectivity index (χ3n) is 6.47. The summed E-state index contributed by atoms with van der Waals surface area (Å²) in [5.74, 6) is -0.128. The molecule has 1 aromatic heterocycles. The Morgan fingerprint density at radius 3 is 2.81 bits per heavy atom. The van der Waals surface area contributed by atoms with Crippen LogP contribution in [0.15, 0.2) is 42.6 Å². The number of halogens is 1. The Hall–Kier alpha value is -3.48. The Kier molecular flexibility index (Phi) is 5.25. The molecule has 0 aliphatic carbocycles. The van der Waals surface area contributed by atoms with Crippen molar-refractivity contribution >= 4 is 17.4 Å². The molecule has 7 heteroatoms. The van der Waals surface area contributed by atoms with Gasteiger partial charge in [-0.2, -0.15) is 0 Å². The summed E-state index contributed by atoms with van der Waals surface area (Å²) in [6, 6.07) is 11.2. The van der Waals surface area contributed by atoms with Crippen molar-refractivity contribution in [3.63, 3.8) is 0 Å². The fraction of sp³-hybridized carbons (Fsp3) is 0.320. The van der Waals surface area contributed by atoms with E-state index in [-0.39, 0.29) is 17.5 Å². The smallest absolute Gasteiger partial charge is 0.251 e. The van der Waals surface area contributed by atoms with E-state index in [0.717, 1.165) is 42.6 Å². The third kappa shape index (κ3) is 3.68. The lowest BCUT2D eigenvalue weighted by atomic mass is 9.96. The fourth-order valence-corrected chi connectivity index (χ4v) is 4.69. The zero-order valence-corrected chi connectivity index (χ0v) is 18.1. The van der Waals surface area contributed by atoms with Gasteiger partial charge in [0.15, 0.2) is 0 Å². The van der Waals surface area contributed by atoms with Crippen molar-refractivity contribution < 1.29 is 9.18 Å². The molecule has 0 bridgehead atoms. The monoisotopic (exact) mass is 431 g/mol. The van der Waals surface area contributed by atoms with Gasteiger partial charge in [0.1, 0.15) is 17.3 Å². The van der Waals surface area contributed by atoms with Gasteiger partial charge in [-0.3, -0.25) is 4.79 Å². The summed E-state index contributed by atoms with van der Waals surface area (Å²) in [7, 11) is 0. The van der Waals surface area contributed by atoms with E-state index in [2.05, 4.69) is 27.1 Å². The highest BCUT2D eigenvalue weighted by Gasteiger charge is 2.21. The molecule has 5 rings (SSSR count). The molecule has 164 valence electrons. The lowest BCUT2D eigenvalue weighted by Crippen LogP contribution is -2.37. The number of nitrogens with zero attached hydrogens (tertiary/aromatic N) is 3. The lowest BCUT2D eigenvalue weighted by molar-refractivity contribution is 0.0946. The first-order valence-corrected chi connectivity index (χ1v) is 11.1. The van der Waals surface area contributed by atoms with E-state index >= 15 is 4.39 Å². The number of piperidine rings is 1. The summed E-state index contributed by atoms with van der Waals surface area (Å²) in [6.45, 7) is 3.73. The Morgan fingerprint density at radius 2 is 2.00 bits per heavy atom. The number of amides is 1. The summed E-state index contributed by atoms with van der Waals surface area (Å²) in [5.41, 5.74) is 10.7. The number of aromatic nitrogens is 2. The molecule has 3 N–H and O–H groups in total. The number of carbonyl (C=O) groups is 1. The van der Waals surface area contributed by atoms with E-state index in [9.17, 15) is 4.79 Å². The van der Waals surface area contributed by atoms with E-state index in [1.54, 1.807) is 18.2 Å². The van der Waals surface area contributed by atoms with Gasteiger partial charge in [-0.15, -0.1) is 0 Å². The van der Waals surface area contributed by atoms with Gasteiger partial charge in [-0.25, -0.2) is 14.4 Å². The van der Waals surface area contributed by atoms with Crippen LogP contribution in [0.1, 0.15) is 42.1 Å². The van der Waals surface area contributed by atoms with Crippen molar-refractivity contribution in [1.82, 2.24) is 15.3 Å². The number of benzene rings is 2. The van der Waals surface area contributed by atoms with Crippen LogP contribution in [0.25, 0.3) is 22.5 Å². The molecular formula is C25H26FN5O. The fourth-order valence-electron chi connectivity index (χ4n) is 4.69. The number of hydrogen-bond acceptors (Lipinski definition) is 5. The van der Waals surface area contributed by atoms with E-state index in [1.807, 2.05) is 18.2 Å². The lowest BCUT2D eigenvalue weighted by Gasteiger charge is -2.35. The number of anilines is 2. The van der Waals surface area contributed by atoms with Crippen molar-refractivity contribution in [3.05, 3.63) is 59.5 Å². The molecule has 32 heavy (non-hydrogen) atoms. The quantitative estimate of drug-likeness (QED) is 0.649. The topological polar surface area (TPSA) is 84.1 Å². The summed E-state index contributed by atoms with van der Waals surface area (Å²) < 4.78 is 15.2. The molecule has 0 unspecified atom stereocenters. The molecule has 1 fully saturated rings. The van der Waals surface area contributed by atoms with E-state index < -0.39 is 0 Å². The maximum Gasteiger partial charge on any atom is 0.251 e. The molecule has 6 nitrogen and oxygen atoms in total. The van der Waals surface area contributed by atoms with Crippen molar-refractivity contribution in [3.8, 4) is 22.5 Å². The van der Waals surface area contributed by atoms with Gasteiger partial charge < -0.3 is 16.0 Å². The normalized spacial score (nSPS) is 18.2. The van der Waals surface area contributed by atoms with Gasteiger partial charge >= 0.3 is 0 Å². The zero-order chi connectivity index (χ0) is 22.2. The number of nitrogen functional groups attached to an aromatic ring is 1. The highest BCUT2D eigenvalue weighted by atomic mass is 19.1. The number of fused-ring (bicyclic) bond motifs is 1. The second-order valence-electron chi connectivity index (χ2n) is 8.57. The first-order chi connectivity index (χ1) is 15.5.